The van der Waals surface area contributed by atoms with Crippen molar-refractivity contribution in [1.29, 1.82) is 0 Å². The van der Waals surface area contributed by atoms with Gasteiger partial charge < -0.3 is 15.8 Å². The SMILES string of the molecule is COc1cc(C)c(NC(=O)CC(C)(C)N)cc1C. The summed E-state index contributed by atoms with van der Waals surface area (Å²) in [6.45, 7) is 7.55. The number of nitrogens with one attached hydrogen (secondary N) is 1. The number of hydrogen-bond acceptors (Lipinski definition) is 3. The molecule has 0 aliphatic carbocycles. The van der Waals surface area contributed by atoms with Crippen molar-refractivity contribution in [2.75, 3.05) is 12.4 Å². The number of carbonyl (C=O) groups excluding carboxylic acids is 1. The van der Waals surface area contributed by atoms with Crippen molar-refractivity contribution in [3.8, 4) is 5.75 Å². The van der Waals surface area contributed by atoms with E-state index in [1.165, 1.54) is 0 Å². The second kappa shape index (κ2) is 5.40. The van der Waals surface area contributed by atoms with E-state index in [0.29, 0.717) is 0 Å². The molecule has 4 nitrogen and oxygen atoms in total. The topological polar surface area (TPSA) is 64.3 Å². The summed E-state index contributed by atoms with van der Waals surface area (Å²) >= 11 is 0. The lowest BCUT2D eigenvalue weighted by Gasteiger charge is -2.18. The first-order valence-corrected chi connectivity index (χ1v) is 5.97. The Labute approximate surface area is 109 Å². The van der Waals surface area contributed by atoms with E-state index in [1.807, 2.05) is 39.8 Å². The first-order chi connectivity index (χ1) is 8.23. The molecule has 0 radical (unpaired) electrons. The lowest BCUT2D eigenvalue weighted by atomic mass is 10.0. The lowest BCUT2D eigenvalue weighted by molar-refractivity contribution is -0.117. The van der Waals surface area contributed by atoms with Crippen LogP contribution in [-0.2, 0) is 4.79 Å². The number of ether oxygens (including phenoxy) is 1. The molecule has 0 aliphatic rings. The fraction of sp³-hybridized carbons (Fsp3) is 0.500. The third-order valence-electron chi connectivity index (χ3n) is 2.63. The standard InChI is InChI=1S/C14H22N2O2/c1-9-7-12(18-5)10(2)6-11(9)16-13(17)8-14(3,4)15/h6-7H,8,15H2,1-5H3,(H,16,17). The fourth-order valence-corrected chi connectivity index (χ4v) is 1.75. The highest BCUT2D eigenvalue weighted by atomic mass is 16.5. The fourth-order valence-electron chi connectivity index (χ4n) is 1.75. The second-order valence-corrected chi connectivity index (χ2v) is 5.35. The summed E-state index contributed by atoms with van der Waals surface area (Å²) in [5.74, 6) is 0.750. The molecule has 4 heteroatoms. The number of benzene rings is 1. The van der Waals surface area contributed by atoms with Crippen molar-refractivity contribution in [2.24, 2.45) is 5.73 Å². The smallest absolute Gasteiger partial charge is 0.226 e. The number of nitrogens with two attached hydrogens (primary N) is 1. The summed E-state index contributed by atoms with van der Waals surface area (Å²) in [5, 5.41) is 2.88. The van der Waals surface area contributed by atoms with Crippen molar-refractivity contribution in [3.63, 3.8) is 0 Å². The van der Waals surface area contributed by atoms with Gasteiger partial charge in [0.2, 0.25) is 5.91 Å². The molecule has 0 unspecified atom stereocenters. The van der Waals surface area contributed by atoms with Crippen molar-refractivity contribution < 1.29 is 9.53 Å². The summed E-state index contributed by atoms with van der Waals surface area (Å²) in [4.78, 5) is 11.8. The number of amides is 1. The van der Waals surface area contributed by atoms with E-state index >= 15 is 0 Å². The molecular formula is C14H22N2O2. The van der Waals surface area contributed by atoms with E-state index in [-0.39, 0.29) is 12.3 Å². The maximum atomic E-state index is 11.8. The van der Waals surface area contributed by atoms with Crippen LogP contribution in [0.5, 0.6) is 5.75 Å². The zero-order chi connectivity index (χ0) is 13.9. The molecule has 1 aromatic rings. The van der Waals surface area contributed by atoms with Gasteiger partial charge >= 0.3 is 0 Å². The maximum absolute atomic E-state index is 11.8. The molecule has 1 aromatic carbocycles. The van der Waals surface area contributed by atoms with E-state index in [2.05, 4.69) is 5.32 Å². The number of aryl methyl sites for hydroxylation is 2. The Morgan fingerprint density at radius 3 is 2.44 bits per heavy atom. The quantitative estimate of drug-likeness (QED) is 0.862. The highest BCUT2D eigenvalue weighted by Crippen LogP contribution is 2.26. The Hall–Kier alpha value is -1.55. The van der Waals surface area contributed by atoms with Crippen LogP contribution in [0.3, 0.4) is 0 Å². The van der Waals surface area contributed by atoms with Gasteiger partial charge in [-0.3, -0.25) is 4.79 Å². The molecule has 1 amide bonds. The molecule has 0 saturated heterocycles. The first kappa shape index (κ1) is 14.5. The Bertz CT molecular complexity index is 448. The summed E-state index contributed by atoms with van der Waals surface area (Å²) in [6.07, 6.45) is 0.289. The molecule has 0 bridgehead atoms. The first-order valence-electron chi connectivity index (χ1n) is 5.97. The third kappa shape index (κ3) is 4.04. The van der Waals surface area contributed by atoms with Crippen LogP contribution in [0.2, 0.25) is 0 Å². The van der Waals surface area contributed by atoms with Gasteiger partial charge in [-0.25, -0.2) is 0 Å². The van der Waals surface area contributed by atoms with Crippen LogP contribution in [0.25, 0.3) is 0 Å². The molecule has 0 atom stereocenters. The van der Waals surface area contributed by atoms with Crippen molar-refractivity contribution >= 4 is 11.6 Å². The van der Waals surface area contributed by atoms with Crippen LogP contribution in [-0.4, -0.2) is 18.6 Å². The van der Waals surface area contributed by atoms with Crippen molar-refractivity contribution in [3.05, 3.63) is 23.3 Å². The number of hydrogen-bond donors (Lipinski definition) is 2. The summed E-state index contributed by atoms with van der Waals surface area (Å²) < 4.78 is 5.23. The zero-order valence-electron chi connectivity index (χ0n) is 11.8. The van der Waals surface area contributed by atoms with E-state index in [1.54, 1.807) is 7.11 Å². The number of methoxy groups -OCH3 is 1. The Kier molecular flexibility index (Phi) is 4.35. The van der Waals surface area contributed by atoms with Gasteiger partial charge in [-0.05, 0) is 51.0 Å². The molecule has 0 aromatic heterocycles. The average Bonchev–Trinajstić information content (AvgIpc) is 2.20. The maximum Gasteiger partial charge on any atom is 0.226 e. The van der Waals surface area contributed by atoms with Crippen LogP contribution in [0, 0.1) is 13.8 Å². The van der Waals surface area contributed by atoms with Gasteiger partial charge in [0, 0.05) is 17.6 Å². The van der Waals surface area contributed by atoms with Gasteiger partial charge in [0.1, 0.15) is 5.75 Å². The van der Waals surface area contributed by atoms with Crippen LogP contribution in [0.1, 0.15) is 31.4 Å². The summed E-state index contributed by atoms with van der Waals surface area (Å²) in [5.41, 5.74) is 8.09. The van der Waals surface area contributed by atoms with Gasteiger partial charge in [-0.2, -0.15) is 0 Å². The molecule has 0 aliphatic heterocycles. The van der Waals surface area contributed by atoms with Gasteiger partial charge in [0.05, 0.1) is 7.11 Å². The highest BCUT2D eigenvalue weighted by molar-refractivity contribution is 5.92. The molecule has 100 valence electrons. The van der Waals surface area contributed by atoms with E-state index < -0.39 is 5.54 Å². The van der Waals surface area contributed by atoms with Gasteiger partial charge in [-0.15, -0.1) is 0 Å². The Morgan fingerprint density at radius 1 is 1.33 bits per heavy atom. The molecule has 0 fully saturated rings. The third-order valence-corrected chi connectivity index (χ3v) is 2.63. The zero-order valence-corrected chi connectivity index (χ0v) is 11.8. The minimum Gasteiger partial charge on any atom is -0.496 e. The highest BCUT2D eigenvalue weighted by Gasteiger charge is 2.17. The second-order valence-electron chi connectivity index (χ2n) is 5.35. The number of carbonyl (C=O) groups is 1. The largest absolute Gasteiger partial charge is 0.496 e. The summed E-state index contributed by atoms with van der Waals surface area (Å²) in [7, 11) is 1.64. The molecule has 1 rings (SSSR count). The van der Waals surface area contributed by atoms with E-state index in [4.69, 9.17) is 10.5 Å². The number of rotatable bonds is 4. The lowest BCUT2D eigenvalue weighted by Crippen LogP contribution is -2.36. The predicted octanol–water partition coefficient (Wildman–Crippen LogP) is 2.38. The molecular weight excluding hydrogens is 228 g/mol. The monoisotopic (exact) mass is 250 g/mol. The summed E-state index contributed by atoms with van der Waals surface area (Å²) in [6, 6.07) is 3.83. The molecule has 3 N–H and O–H groups in total. The molecule has 0 saturated carbocycles. The minimum atomic E-state index is -0.500. The van der Waals surface area contributed by atoms with Crippen LogP contribution < -0.4 is 15.8 Å². The van der Waals surface area contributed by atoms with Crippen molar-refractivity contribution in [2.45, 2.75) is 39.7 Å². The van der Waals surface area contributed by atoms with Crippen LogP contribution in [0.15, 0.2) is 12.1 Å². The molecule has 18 heavy (non-hydrogen) atoms. The Balaban J connectivity index is 2.86. The Morgan fingerprint density at radius 2 is 1.94 bits per heavy atom. The van der Waals surface area contributed by atoms with Gasteiger partial charge in [-0.1, -0.05) is 0 Å². The number of anilines is 1. The molecule has 0 heterocycles. The average molecular weight is 250 g/mol. The van der Waals surface area contributed by atoms with Gasteiger partial charge in [0.15, 0.2) is 0 Å². The van der Waals surface area contributed by atoms with Gasteiger partial charge in [0.25, 0.3) is 0 Å². The normalized spacial score (nSPS) is 11.2. The minimum absolute atomic E-state index is 0.0739. The van der Waals surface area contributed by atoms with Crippen LogP contribution in [0.4, 0.5) is 5.69 Å². The van der Waals surface area contributed by atoms with E-state index in [9.17, 15) is 4.79 Å². The van der Waals surface area contributed by atoms with E-state index in [0.717, 1.165) is 22.6 Å². The predicted molar refractivity (Wildman–Crippen MR) is 74.0 cm³/mol. The van der Waals surface area contributed by atoms with Crippen LogP contribution >= 0.6 is 0 Å². The van der Waals surface area contributed by atoms with Crippen molar-refractivity contribution in [1.82, 2.24) is 0 Å². The molecule has 0 spiro atoms.